The molecule has 2 aromatic rings. The minimum Gasteiger partial charge on any atom is -0.399 e. The second kappa shape index (κ2) is 25.4. The first-order valence-electron chi connectivity index (χ1n) is 13.0. The molecule has 0 saturated heterocycles. The molecular formula is C22H44N6O16S5. The predicted molar refractivity (Wildman–Crippen MR) is 183 cm³/mol. The summed E-state index contributed by atoms with van der Waals surface area (Å²) < 4.78 is 143. The van der Waals surface area contributed by atoms with E-state index in [9.17, 15) is 16.8 Å². The molecule has 0 aromatic heterocycles. The number of nitrogens with two attached hydrogens (primary N) is 2. The molecule has 288 valence electrons. The van der Waals surface area contributed by atoms with Gasteiger partial charge in [0.15, 0.2) is 0 Å². The van der Waals surface area contributed by atoms with Crippen LogP contribution in [0.5, 0.6) is 0 Å². The second-order valence-electron chi connectivity index (χ2n) is 9.16. The molecule has 0 atom stereocenters. The van der Waals surface area contributed by atoms with Crippen molar-refractivity contribution in [1.82, 2.24) is 20.1 Å². The zero-order valence-electron chi connectivity index (χ0n) is 26.2. The summed E-state index contributed by atoms with van der Waals surface area (Å²) in [5.74, 6) is 0. The van der Waals surface area contributed by atoms with Crippen molar-refractivity contribution in [3.63, 3.8) is 0 Å². The van der Waals surface area contributed by atoms with Crippen molar-refractivity contribution in [3.8, 4) is 0 Å². The molecule has 0 amide bonds. The van der Waals surface area contributed by atoms with Gasteiger partial charge >= 0.3 is 31.2 Å². The maximum absolute atomic E-state index is 10.8. The van der Waals surface area contributed by atoms with Crippen LogP contribution in [0.15, 0.2) is 48.5 Å². The van der Waals surface area contributed by atoms with E-state index in [0.29, 0.717) is 26.2 Å². The van der Waals surface area contributed by atoms with Gasteiger partial charge in [0.1, 0.15) is 0 Å². The number of nitrogen functional groups attached to an aromatic ring is 2. The standard InChI is InChI=1S/2C11H19N3O2S.3H2O4S/c2*1-17(15,16)14-9-8-13-7-6-10-2-4-11(12)5-3-10;3*1-5(2,3)4/h2*2-5,13-14H,6-9,12H2,1H3;3*(H2,1,2,3,4). The van der Waals surface area contributed by atoms with Crippen LogP contribution < -0.4 is 31.5 Å². The Morgan fingerprint density at radius 2 is 0.673 bits per heavy atom. The van der Waals surface area contributed by atoms with Crippen molar-refractivity contribution < 1.29 is 69.4 Å². The fourth-order valence-electron chi connectivity index (χ4n) is 2.73. The maximum Gasteiger partial charge on any atom is 0.394 e. The Morgan fingerprint density at radius 1 is 0.449 bits per heavy atom. The Balaban J connectivity index is -0.000000614. The summed E-state index contributed by atoms with van der Waals surface area (Å²) in [7, 11) is -20.1. The lowest BCUT2D eigenvalue weighted by Crippen LogP contribution is -2.31. The van der Waals surface area contributed by atoms with E-state index >= 15 is 0 Å². The monoisotopic (exact) mass is 808 g/mol. The minimum atomic E-state index is -4.67. The number of hydrogen-bond donors (Lipinski definition) is 12. The zero-order chi connectivity index (χ0) is 39.0. The normalized spacial score (nSPS) is 11.6. The van der Waals surface area contributed by atoms with Crippen LogP contribution in [0.25, 0.3) is 0 Å². The van der Waals surface area contributed by atoms with E-state index in [4.69, 9.17) is 64.0 Å². The van der Waals surface area contributed by atoms with Gasteiger partial charge in [0.2, 0.25) is 20.0 Å². The highest BCUT2D eigenvalue weighted by Crippen LogP contribution is 2.06. The summed E-state index contributed by atoms with van der Waals surface area (Å²) in [6.45, 7) is 3.72. The lowest BCUT2D eigenvalue weighted by molar-refractivity contribution is 0.378. The molecule has 0 saturated carbocycles. The molecular weight excluding hydrogens is 765 g/mol. The van der Waals surface area contributed by atoms with Crippen LogP contribution in [0.2, 0.25) is 0 Å². The minimum absolute atomic E-state index is 0.417. The summed E-state index contributed by atoms with van der Waals surface area (Å²) in [5.41, 5.74) is 15.1. The summed E-state index contributed by atoms with van der Waals surface area (Å²) in [6, 6.07) is 15.5. The molecule has 14 N–H and O–H groups in total. The van der Waals surface area contributed by atoms with Crippen molar-refractivity contribution in [3.05, 3.63) is 59.7 Å². The average molecular weight is 809 g/mol. The maximum atomic E-state index is 10.8. The highest BCUT2D eigenvalue weighted by molar-refractivity contribution is 7.89. The average Bonchev–Trinajstić information content (AvgIpc) is 2.86. The first-order valence-corrected chi connectivity index (χ1v) is 21.0. The van der Waals surface area contributed by atoms with E-state index in [-0.39, 0.29) is 0 Å². The number of nitrogens with one attached hydrogen (secondary N) is 4. The van der Waals surface area contributed by atoms with Gasteiger partial charge in [-0.05, 0) is 61.3 Å². The summed E-state index contributed by atoms with van der Waals surface area (Å²) in [4.78, 5) is 0. The van der Waals surface area contributed by atoms with E-state index in [1.54, 1.807) is 0 Å². The smallest absolute Gasteiger partial charge is 0.394 e. The van der Waals surface area contributed by atoms with Crippen molar-refractivity contribution in [2.45, 2.75) is 12.8 Å². The third-order valence-electron chi connectivity index (χ3n) is 4.47. The van der Waals surface area contributed by atoms with Gasteiger partial charge in [-0.25, -0.2) is 26.3 Å². The number of benzene rings is 2. The van der Waals surface area contributed by atoms with Crippen LogP contribution in [0, 0.1) is 0 Å². The van der Waals surface area contributed by atoms with Gasteiger partial charge in [0.25, 0.3) is 0 Å². The van der Waals surface area contributed by atoms with Gasteiger partial charge in [-0.15, -0.1) is 0 Å². The molecule has 49 heavy (non-hydrogen) atoms. The predicted octanol–water partition coefficient (Wildman–Crippen LogP) is -2.06. The van der Waals surface area contributed by atoms with E-state index in [1.807, 2.05) is 48.5 Å². The van der Waals surface area contributed by atoms with Crippen LogP contribution in [-0.4, -0.2) is 121 Å². The molecule has 22 nitrogen and oxygen atoms in total. The van der Waals surface area contributed by atoms with Gasteiger partial charge in [-0.2, -0.15) is 25.3 Å². The van der Waals surface area contributed by atoms with Gasteiger partial charge in [0, 0.05) is 37.6 Å². The van der Waals surface area contributed by atoms with Gasteiger partial charge in [-0.1, -0.05) is 24.3 Å². The molecule has 0 bridgehead atoms. The van der Waals surface area contributed by atoms with E-state index in [2.05, 4.69) is 20.1 Å². The van der Waals surface area contributed by atoms with Crippen molar-refractivity contribution in [2.24, 2.45) is 0 Å². The highest BCUT2D eigenvalue weighted by Gasteiger charge is 1.99. The molecule has 2 aromatic carbocycles. The molecule has 0 fully saturated rings. The Bertz CT molecular complexity index is 1540. The van der Waals surface area contributed by atoms with Crippen LogP contribution >= 0.6 is 0 Å². The quantitative estimate of drug-likeness (QED) is 0.0554. The molecule has 0 aliphatic heterocycles. The molecule has 27 heteroatoms. The molecule has 0 radical (unpaired) electrons. The zero-order valence-corrected chi connectivity index (χ0v) is 30.3. The number of sulfonamides is 2. The van der Waals surface area contributed by atoms with Gasteiger partial charge in [0.05, 0.1) is 12.5 Å². The fourth-order valence-corrected chi connectivity index (χ4v) is 3.68. The Labute approximate surface area is 286 Å². The Morgan fingerprint density at radius 3 is 0.878 bits per heavy atom. The SMILES string of the molecule is CS(=O)(=O)NCCNCCc1ccc(N)cc1.CS(=O)(=O)NCCNCCc1ccc(N)cc1.O=S(=O)(O)O.O=S(=O)(O)O.O=S(=O)(O)O. The topological polar surface area (TPSA) is 392 Å². The van der Waals surface area contributed by atoms with Crippen molar-refractivity contribution in [2.75, 3.05) is 63.2 Å². The first kappa shape index (κ1) is 50.8. The van der Waals surface area contributed by atoms with E-state index in [1.165, 1.54) is 11.1 Å². The number of hydrogen-bond acceptors (Lipinski definition) is 14. The Hall–Kier alpha value is -2.61. The summed E-state index contributed by atoms with van der Waals surface area (Å²) in [6.07, 6.45) is 4.11. The van der Waals surface area contributed by atoms with Crippen LogP contribution in [0.3, 0.4) is 0 Å². The first-order chi connectivity index (χ1) is 21.9. The van der Waals surface area contributed by atoms with Gasteiger partial charge < -0.3 is 22.1 Å². The van der Waals surface area contributed by atoms with E-state index in [0.717, 1.165) is 49.8 Å². The van der Waals surface area contributed by atoms with Gasteiger partial charge in [-0.3, -0.25) is 27.3 Å². The largest absolute Gasteiger partial charge is 0.399 e. The van der Waals surface area contributed by atoms with Crippen molar-refractivity contribution in [1.29, 1.82) is 0 Å². The number of rotatable bonds is 14. The highest BCUT2D eigenvalue weighted by atomic mass is 32.3. The van der Waals surface area contributed by atoms with Crippen LogP contribution in [0.4, 0.5) is 11.4 Å². The summed E-state index contributed by atoms with van der Waals surface area (Å²) in [5, 5.41) is 6.33. The molecule has 2 rings (SSSR count). The fraction of sp³-hybridized carbons (Fsp3) is 0.455. The van der Waals surface area contributed by atoms with Crippen LogP contribution in [0.1, 0.15) is 11.1 Å². The molecule has 0 aliphatic carbocycles. The third kappa shape index (κ3) is 61.1. The van der Waals surface area contributed by atoms with Crippen molar-refractivity contribution >= 4 is 62.6 Å². The molecule has 0 unspecified atom stereocenters. The molecule has 0 heterocycles. The molecule has 0 aliphatic rings. The van der Waals surface area contributed by atoms with Crippen LogP contribution in [-0.2, 0) is 64.1 Å². The summed E-state index contributed by atoms with van der Waals surface area (Å²) >= 11 is 0. The Kier molecular flexibility index (Phi) is 26.3. The molecule has 0 spiro atoms. The third-order valence-corrected chi connectivity index (χ3v) is 5.93. The number of anilines is 2. The van der Waals surface area contributed by atoms with E-state index < -0.39 is 51.2 Å². The lowest BCUT2D eigenvalue weighted by atomic mass is 10.1. The second-order valence-corrected chi connectivity index (χ2v) is 15.5. The lowest BCUT2D eigenvalue weighted by Gasteiger charge is -2.05.